The minimum atomic E-state index is -4.48. The van der Waals surface area contributed by atoms with E-state index >= 15 is 0 Å². The summed E-state index contributed by atoms with van der Waals surface area (Å²) in [7, 11) is 0. The largest absolute Gasteiger partial charge is 0.433 e. The van der Waals surface area contributed by atoms with Crippen LogP contribution in [0, 0.1) is 5.92 Å². The summed E-state index contributed by atoms with van der Waals surface area (Å²) in [5.41, 5.74) is -0.917. The van der Waals surface area contributed by atoms with Crippen LogP contribution in [0.3, 0.4) is 0 Å². The highest BCUT2D eigenvalue weighted by Gasteiger charge is 2.36. The second-order valence-electron chi connectivity index (χ2n) is 5.98. The summed E-state index contributed by atoms with van der Waals surface area (Å²) in [5.74, 6) is 0.168. The molecule has 0 bridgehead atoms. The molecule has 1 aromatic rings. The van der Waals surface area contributed by atoms with Crippen LogP contribution in [0.2, 0.25) is 0 Å². The van der Waals surface area contributed by atoms with Crippen LogP contribution in [-0.2, 0) is 11.0 Å². The van der Waals surface area contributed by atoms with Gasteiger partial charge in [-0.25, -0.2) is 4.98 Å². The molecule has 8 heteroatoms. The maximum atomic E-state index is 12.8. The zero-order valence-electron chi connectivity index (χ0n) is 13.5. The fourth-order valence-corrected chi connectivity index (χ4v) is 3.02. The van der Waals surface area contributed by atoms with Crippen molar-refractivity contribution < 1.29 is 23.1 Å². The van der Waals surface area contributed by atoms with Crippen molar-refractivity contribution >= 4 is 11.7 Å². The molecule has 0 spiro atoms. The van der Waals surface area contributed by atoms with E-state index in [1.165, 1.54) is 6.07 Å². The number of aliphatic hydroxyl groups excluding tert-OH is 1. The summed E-state index contributed by atoms with van der Waals surface area (Å²) in [4.78, 5) is 17.2. The lowest BCUT2D eigenvalue weighted by Gasteiger charge is -2.19. The second kappa shape index (κ2) is 7.83. The van der Waals surface area contributed by atoms with Crippen molar-refractivity contribution in [2.75, 3.05) is 24.6 Å². The van der Waals surface area contributed by atoms with Crippen molar-refractivity contribution in [3.05, 3.63) is 23.9 Å². The Balaban J connectivity index is 2.13. The van der Waals surface area contributed by atoms with Gasteiger partial charge in [0.2, 0.25) is 5.91 Å². The molecule has 1 saturated heterocycles. The summed E-state index contributed by atoms with van der Waals surface area (Å²) < 4.78 is 38.5. The Morgan fingerprint density at radius 2 is 2.17 bits per heavy atom. The zero-order valence-corrected chi connectivity index (χ0v) is 13.5. The van der Waals surface area contributed by atoms with Gasteiger partial charge in [0.05, 0.1) is 12.6 Å². The molecule has 134 valence electrons. The number of alkyl halides is 3. The van der Waals surface area contributed by atoms with Gasteiger partial charge in [0.15, 0.2) is 0 Å². The van der Waals surface area contributed by atoms with E-state index in [9.17, 15) is 18.0 Å². The van der Waals surface area contributed by atoms with Crippen LogP contribution in [-0.4, -0.2) is 41.7 Å². The van der Waals surface area contributed by atoms with E-state index in [-0.39, 0.29) is 36.7 Å². The van der Waals surface area contributed by atoms with Crippen LogP contribution in [0.25, 0.3) is 0 Å². The molecule has 2 atom stereocenters. The summed E-state index contributed by atoms with van der Waals surface area (Å²) in [6, 6.07) is 3.69. The highest BCUT2D eigenvalue weighted by atomic mass is 19.4. The van der Waals surface area contributed by atoms with Gasteiger partial charge in [-0.1, -0.05) is 19.4 Å². The normalized spacial score (nSPS) is 21.1. The van der Waals surface area contributed by atoms with Crippen molar-refractivity contribution in [1.29, 1.82) is 0 Å². The number of carbonyl (C=O) groups excluding carboxylic acids is 1. The first-order valence-electron chi connectivity index (χ1n) is 8.04. The smallest absolute Gasteiger partial charge is 0.396 e. The summed E-state index contributed by atoms with van der Waals surface area (Å²) >= 11 is 0. The number of halogens is 3. The number of rotatable bonds is 6. The predicted octanol–water partition coefficient (Wildman–Crippen LogP) is 2.20. The molecular weight excluding hydrogens is 323 g/mol. The predicted molar refractivity (Wildman–Crippen MR) is 83.5 cm³/mol. The first kappa shape index (κ1) is 18.5. The van der Waals surface area contributed by atoms with E-state index < -0.39 is 11.9 Å². The number of hydrogen-bond acceptors (Lipinski definition) is 4. The van der Waals surface area contributed by atoms with E-state index in [1.807, 2.05) is 6.92 Å². The number of aromatic nitrogens is 1. The van der Waals surface area contributed by atoms with Crippen LogP contribution in [0.4, 0.5) is 19.0 Å². The molecule has 2 rings (SSSR count). The Bertz CT molecular complexity index is 566. The molecule has 0 unspecified atom stereocenters. The van der Waals surface area contributed by atoms with Crippen LogP contribution in [0.1, 0.15) is 31.9 Å². The number of anilines is 1. The molecule has 0 aromatic carbocycles. The molecule has 1 aromatic heterocycles. The molecule has 0 aliphatic carbocycles. The molecule has 24 heavy (non-hydrogen) atoms. The van der Waals surface area contributed by atoms with Crippen molar-refractivity contribution in [2.24, 2.45) is 5.92 Å². The standard InChI is InChI=1S/C16H22F3N3O2/c1-2-4-11-9-22(10-12(11)20-15(24)7-8-23)14-6-3-5-13(21-14)16(17,18)19/h3,5-6,11-12,23H,2,4,7-10H2,1H3,(H,20,24)/t11-,12-/m1/s1. The Morgan fingerprint density at radius 3 is 2.79 bits per heavy atom. The third kappa shape index (κ3) is 4.59. The Morgan fingerprint density at radius 1 is 1.42 bits per heavy atom. The fourth-order valence-electron chi connectivity index (χ4n) is 3.02. The lowest BCUT2D eigenvalue weighted by atomic mass is 9.98. The SMILES string of the molecule is CCC[C@@H]1CN(c2cccc(C(F)(F)F)n2)C[C@H]1NC(=O)CCO. The number of carbonyl (C=O) groups is 1. The monoisotopic (exact) mass is 345 g/mol. The third-order valence-electron chi connectivity index (χ3n) is 4.13. The summed E-state index contributed by atoms with van der Waals surface area (Å²) in [6.45, 7) is 2.76. The number of hydrogen-bond donors (Lipinski definition) is 2. The van der Waals surface area contributed by atoms with Gasteiger partial charge >= 0.3 is 6.18 Å². The van der Waals surface area contributed by atoms with Crippen LogP contribution < -0.4 is 10.2 Å². The molecule has 1 aliphatic heterocycles. The minimum absolute atomic E-state index is 0.0250. The van der Waals surface area contributed by atoms with Crippen molar-refractivity contribution in [1.82, 2.24) is 10.3 Å². The van der Waals surface area contributed by atoms with Crippen molar-refractivity contribution in [3.8, 4) is 0 Å². The maximum absolute atomic E-state index is 12.8. The number of pyridine rings is 1. The first-order valence-corrected chi connectivity index (χ1v) is 8.04. The lowest BCUT2D eigenvalue weighted by Crippen LogP contribution is -2.40. The number of nitrogens with one attached hydrogen (secondary N) is 1. The van der Waals surface area contributed by atoms with Gasteiger partial charge in [0, 0.05) is 19.5 Å². The Kier molecular flexibility index (Phi) is 6.04. The van der Waals surface area contributed by atoms with E-state index in [1.54, 1.807) is 11.0 Å². The topological polar surface area (TPSA) is 65.5 Å². The molecule has 5 nitrogen and oxygen atoms in total. The molecule has 1 aliphatic rings. The number of aliphatic hydroxyl groups is 1. The Hall–Kier alpha value is -1.83. The van der Waals surface area contributed by atoms with Crippen LogP contribution in [0.5, 0.6) is 0 Å². The molecule has 1 fully saturated rings. The molecule has 0 saturated carbocycles. The molecular formula is C16H22F3N3O2. The summed E-state index contributed by atoms with van der Waals surface area (Å²) in [5, 5.41) is 11.7. The van der Waals surface area contributed by atoms with Crippen molar-refractivity contribution in [3.63, 3.8) is 0 Å². The van der Waals surface area contributed by atoms with E-state index in [4.69, 9.17) is 5.11 Å². The minimum Gasteiger partial charge on any atom is -0.396 e. The van der Waals surface area contributed by atoms with E-state index in [0.29, 0.717) is 13.1 Å². The van der Waals surface area contributed by atoms with Crippen LogP contribution in [0.15, 0.2) is 18.2 Å². The van der Waals surface area contributed by atoms with Gasteiger partial charge < -0.3 is 15.3 Å². The third-order valence-corrected chi connectivity index (χ3v) is 4.13. The van der Waals surface area contributed by atoms with Gasteiger partial charge in [0.1, 0.15) is 11.5 Å². The average molecular weight is 345 g/mol. The fraction of sp³-hybridized carbons (Fsp3) is 0.625. The summed E-state index contributed by atoms with van der Waals surface area (Å²) in [6.07, 6.45) is -2.68. The lowest BCUT2D eigenvalue weighted by molar-refractivity contribution is -0.141. The first-order chi connectivity index (χ1) is 11.3. The molecule has 2 N–H and O–H groups in total. The Labute approximate surface area is 138 Å². The van der Waals surface area contributed by atoms with E-state index in [2.05, 4.69) is 10.3 Å². The van der Waals surface area contributed by atoms with Crippen LogP contribution >= 0.6 is 0 Å². The second-order valence-corrected chi connectivity index (χ2v) is 5.98. The van der Waals surface area contributed by atoms with Crippen molar-refractivity contribution in [2.45, 2.75) is 38.4 Å². The average Bonchev–Trinajstić information content (AvgIpc) is 2.90. The highest BCUT2D eigenvalue weighted by molar-refractivity contribution is 5.76. The zero-order chi connectivity index (χ0) is 17.7. The van der Waals surface area contributed by atoms with Gasteiger partial charge in [-0.05, 0) is 24.5 Å². The van der Waals surface area contributed by atoms with Gasteiger partial charge in [0.25, 0.3) is 0 Å². The van der Waals surface area contributed by atoms with E-state index in [0.717, 1.165) is 18.9 Å². The quantitative estimate of drug-likeness (QED) is 0.830. The van der Waals surface area contributed by atoms with Gasteiger partial charge in [-0.2, -0.15) is 13.2 Å². The maximum Gasteiger partial charge on any atom is 0.433 e. The molecule has 0 radical (unpaired) electrons. The number of nitrogens with zero attached hydrogens (tertiary/aromatic N) is 2. The number of amides is 1. The highest BCUT2D eigenvalue weighted by Crippen LogP contribution is 2.31. The molecule has 2 heterocycles. The van der Waals surface area contributed by atoms with Gasteiger partial charge in [-0.3, -0.25) is 4.79 Å². The van der Waals surface area contributed by atoms with Gasteiger partial charge in [-0.15, -0.1) is 0 Å². The molecule has 1 amide bonds.